The molecule has 0 aliphatic heterocycles. The van der Waals surface area contributed by atoms with Crippen LogP contribution < -0.4 is 5.11 Å². The first-order valence-electron chi connectivity index (χ1n) is 5.41. The van der Waals surface area contributed by atoms with E-state index in [1.165, 1.54) is 24.3 Å². The zero-order valence-corrected chi connectivity index (χ0v) is 16.6. The minimum absolute atomic E-state index is 0. The Labute approximate surface area is 173 Å². The normalized spacial score (nSPS) is 6.24. The molecular formula is C12H11N4O8Th-. The SMILES string of the molecule is N#CCC(=O)O.N#CCC(=O)O.N#CCC(=O)O.N#CCC(=O)[O-].[Th]. The Morgan fingerprint density at radius 3 is 0.840 bits per heavy atom. The van der Waals surface area contributed by atoms with Gasteiger partial charge in [0.15, 0.2) is 0 Å². The number of carbonyl (C=O) groups is 4. The second-order valence-corrected chi connectivity index (χ2v) is 2.89. The van der Waals surface area contributed by atoms with Crippen LogP contribution in [0.25, 0.3) is 0 Å². The maximum Gasteiger partial charge on any atom is 0.317 e. The van der Waals surface area contributed by atoms with Gasteiger partial charge in [-0.1, -0.05) is 0 Å². The van der Waals surface area contributed by atoms with Gasteiger partial charge in [-0.15, -0.1) is 0 Å². The Kier molecular flexibility index (Phi) is 39.4. The Morgan fingerprint density at radius 2 is 0.840 bits per heavy atom. The van der Waals surface area contributed by atoms with Crippen LogP contribution in [0.3, 0.4) is 0 Å². The van der Waals surface area contributed by atoms with Crippen molar-refractivity contribution in [3.8, 4) is 24.3 Å². The summed E-state index contributed by atoms with van der Waals surface area (Å²) in [6.45, 7) is 0. The molecule has 0 bridgehead atoms. The number of nitriles is 4. The van der Waals surface area contributed by atoms with Crippen molar-refractivity contribution in [2.24, 2.45) is 0 Å². The molecule has 0 atom stereocenters. The maximum atomic E-state index is 9.38. The van der Waals surface area contributed by atoms with Crippen molar-refractivity contribution < 1.29 is 79.5 Å². The first-order valence-corrected chi connectivity index (χ1v) is 5.41. The Balaban J connectivity index is -0.0000000702. The topological polar surface area (TPSA) is 247 Å². The third-order valence-corrected chi connectivity index (χ3v) is 0.914. The fourth-order valence-electron chi connectivity index (χ4n) is 0.267. The third kappa shape index (κ3) is 92.6. The van der Waals surface area contributed by atoms with Crippen molar-refractivity contribution >= 4 is 23.9 Å². The van der Waals surface area contributed by atoms with E-state index in [0.29, 0.717) is 0 Å². The van der Waals surface area contributed by atoms with E-state index in [-0.39, 0.29) is 39.9 Å². The first kappa shape index (κ1) is 33.7. The molecule has 0 aliphatic carbocycles. The number of hydrogen-bond acceptors (Lipinski definition) is 9. The van der Waals surface area contributed by atoms with Gasteiger partial charge in [0.1, 0.15) is 19.3 Å². The molecule has 0 saturated heterocycles. The van der Waals surface area contributed by atoms with E-state index in [1.54, 1.807) is 0 Å². The molecule has 0 fully saturated rings. The van der Waals surface area contributed by atoms with Crippen molar-refractivity contribution in [3.63, 3.8) is 0 Å². The summed E-state index contributed by atoms with van der Waals surface area (Å²) in [6, 6.07) is 5.81. The predicted molar refractivity (Wildman–Crippen MR) is 68.8 cm³/mol. The van der Waals surface area contributed by atoms with Gasteiger partial charge in [-0.05, 0) is 0 Å². The molecule has 0 rings (SSSR count). The van der Waals surface area contributed by atoms with Crippen molar-refractivity contribution in [1.82, 2.24) is 0 Å². The minimum Gasteiger partial charge on any atom is -0.549 e. The zero-order valence-electron chi connectivity index (χ0n) is 12.5. The van der Waals surface area contributed by atoms with Crippen LogP contribution in [-0.2, 0) is 19.2 Å². The Hall–Kier alpha value is -2.84. The number of aliphatic carboxylic acids is 4. The zero-order chi connectivity index (χ0) is 20.0. The van der Waals surface area contributed by atoms with E-state index >= 15 is 0 Å². The molecule has 0 saturated carbocycles. The number of nitrogens with zero attached hydrogens (tertiary/aromatic N) is 4. The van der Waals surface area contributed by atoms with Gasteiger partial charge in [-0.2, -0.15) is 21.0 Å². The average molecular weight is 571 g/mol. The summed E-state index contributed by atoms with van der Waals surface area (Å²) < 4.78 is 0. The fourth-order valence-corrected chi connectivity index (χ4v) is 0.267. The molecule has 0 aromatic rings. The summed E-state index contributed by atoms with van der Waals surface area (Å²) in [7, 11) is 0. The van der Waals surface area contributed by atoms with Gasteiger partial charge in [0.2, 0.25) is 0 Å². The summed E-state index contributed by atoms with van der Waals surface area (Å²) >= 11 is 0. The molecule has 0 heterocycles. The van der Waals surface area contributed by atoms with Gasteiger partial charge < -0.3 is 25.2 Å². The monoisotopic (exact) mass is 571 g/mol. The van der Waals surface area contributed by atoms with E-state index in [9.17, 15) is 24.3 Å². The van der Waals surface area contributed by atoms with Gasteiger partial charge in [0, 0.05) is 39.9 Å². The molecule has 3 N–H and O–H groups in total. The first-order chi connectivity index (χ1) is 11.1. The molecule has 0 aromatic heterocycles. The van der Waals surface area contributed by atoms with Crippen molar-refractivity contribution in [1.29, 1.82) is 21.0 Å². The van der Waals surface area contributed by atoms with Crippen LogP contribution in [0.2, 0.25) is 0 Å². The number of hydrogen-bond donors (Lipinski definition) is 3. The van der Waals surface area contributed by atoms with E-state index in [1.807, 2.05) is 0 Å². The summed E-state index contributed by atoms with van der Waals surface area (Å²) in [4.78, 5) is 37.4. The largest absolute Gasteiger partial charge is 0.549 e. The molecule has 132 valence electrons. The van der Waals surface area contributed by atoms with E-state index < -0.39 is 49.6 Å². The van der Waals surface area contributed by atoms with Crippen molar-refractivity contribution in [2.75, 3.05) is 0 Å². The quantitative estimate of drug-likeness (QED) is 0.353. The summed E-state index contributed by atoms with van der Waals surface area (Å²) in [6.07, 6.45) is -1.72. The summed E-state index contributed by atoms with van der Waals surface area (Å²) in [5, 5.41) is 62.7. The smallest absolute Gasteiger partial charge is 0.317 e. The average Bonchev–Trinajstić information content (AvgIpc) is 2.39. The summed E-state index contributed by atoms with van der Waals surface area (Å²) in [5.74, 6) is -4.54. The van der Waals surface area contributed by atoms with Crippen LogP contribution in [0, 0.1) is 85.3 Å². The van der Waals surface area contributed by atoms with Gasteiger partial charge in [-0.25, -0.2) is 0 Å². The molecule has 13 heteroatoms. The number of rotatable bonds is 4. The van der Waals surface area contributed by atoms with Crippen LogP contribution in [0.1, 0.15) is 25.7 Å². The van der Waals surface area contributed by atoms with Gasteiger partial charge in [0.05, 0.1) is 36.7 Å². The van der Waals surface area contributed by atoms with Crippen molar-refractivity contribution in [3.05, 3.63) is 0 Å². The van der Waals surface area contributed by atoms with Gasteiger partial charge in [-0.3, -0.25) is 14.4 Å². The van der Waals surface area contributed by atoms with Crippen LogP contribution in [0.4, 0.5) is 0 Å². The number of carboxylic acid groups (broad SMARTS) is 4. The molecule has 0 aliphatic rings. The molecule has 0 radical (unpaired) electrons. The molecular weight excluding hydrogens is 560 g/mol. The van der Waals surface area contributed by atoms with Gasteiger partial charge in [0.25, 0.3) is 0 Å². The molecule has 0 unspecified atom stereocenters. The second-order valence-electron chi connectivity index (χ2n) is 2.89. The molecule has 0 aromatic carbocycles. The van der Waals surface area contributed by atoms with Crippen LogP contribution >= 0.6 is 0 Å². The standard InChI is InChI=1S/4C3H3NO2.Th/c4*4-2-1-3(5)6;/h4*1H2,(H,5,6);/p-1. The van der Waals surface area contributed by atoms with E-state index in [2.05, 4.69) is 0 Å². The predicted octanol–water partition coefficient (Wildman–Crippen LogP) is -1.40. The van der Waals surface area contributed by atoms with Crippen LogP contribution in [-0.4, -0.2) is 39.2 Å². The van der Waals surface area contributed by atoms with Crippen LogP contribution in [0.15, 0.2) is 0 Å². The number of carbonyl (C=O) groups excluding carboxylic acids is 1. The number of carboxylic acids is 4. The molecule has 0 spiro atoms. The molecule has 0 amide bonds. The Morgan fingerprint density at radius 1 is 0.640 bits per heavy atom. The van der Waals surface area contributed by atoms with Crippen molar-refractivity contribution in [2.45, 2.75) is 25.7 Å². The third-order valence-electron chi connectivity index (χ3n) is 0.914. The molecule has 25 heavy (non-hydrogen) atoms. The van der Waals surface area contributed by atoms with E-state index in [0.717, 1.165) is 0 Å². The summed E-state index contributed by atoms with van der Waals surface area (Å²) in [5.41, 5.74) is 0. The fraction of sp³-hybridized carbons (Fsp3) is 0.333. The molecule has 12 nitrogen and oxygen atoms in total. The van der Waals surface area contributed by atoms with Crippen LogP contribution in [0.5, 0.6) is 0 Å². The van der Waals surface area contributed by atoms with E-state index in [4.69, 9.17) is 36.4 Å². The second kappa shape index (κ2) is 29.2. The van der Waals surface area contributed by atoms with Gasteiger partial charge >= 0.3 is 17.9 Å². The Bertz CT molecular complexity index is 476. The maximum absolute atomic E-state index is 9.38. The minimum atomic E-state index is -1.32.